The van der Waals surface area contributed by atoms with Crippen molar-refractivity contribution < 1.29 is 9.53 Å². The number of nitrogens with zero attached hydrogens (tertiary/aromatic N) is 4. The first-order chi connectivity index (χ1) is 8.93. The number of fused-ring (bicyclic) bond motifs is 1. The summed E-state index contributed by atoms with van der Waals surface area (Å²) in [6, 6.07) is 0. The van der Waals surface area contributed by atoms with Crippen LogP contribution in [0.1, 0.15) is 19.7 Å². The number of hydrogen-bond acceptors (Lipinski definition) is 5. The van der Waals surface area contributed by atoms with E-state index >= 15 is 0 Å². The van der Waals surface area contributed by atoms with Crippen molar-refractivity contribution >= 4 is 28.7 Å². The molecule has 2 rings (SSSR count). The molecule has 102 valence electrons. The number of methoxy groups -OCH3 is 1. The first-order valence-corrected chi connectivity index (χ1v) is 6.09. The lowest BCUT2D eigenvalue weighted by Gasteiger charge is -2.24. The molecule has 0 saturated carbocycles. The van der Waals surface area contributed by atoms with Gasteiger partial charge in [0.2, 0.25) is 11.8 Å². The van der Waals surface area contributed by atoms with Gasteiger partial charge in [-0.2, -0.15) is 4.98 Å². The number of rotatable bonds is 4. The Kier molecular flexibility index (Phi) is 3.32. The van der Waals surface area contributed by atoms with Crippen LogP contribution in [0.4, 0.5) is 0 Å². The minimum Gasteiger partial charge on any atom is -0.479 e. The third-order valence-corrected chi connectivity index (χ3v) is 3.19. The summed E-state index contributed by atoms with van der Waals surface area (Å²) in [6.07, 6.45) is 1.34. The van der Waals surface area contributed by atoms with E-state index in [-0.39, 0.29) is 5.88 Å². The normalized spacial score (nSPS) is 11.8. The fourth-order valence-electron chi connectivity index (χ4n) is 1.85. The molecule has 0 atom stereocenters. The molecule has 7 nitrogen and oxygen atoms in total. The molecule has 1 amide bonds. The predicted molar refractivity (Wildman–Crippen MR) is 69.9 cm³/mol. The van der Waals surface area contributed by atoms with E-state index in [1.54, 1.807) is 18.4 Å². The number of imidazole rings is 1. The lowest BCUT2D eigenvalue weighted by molar-refractivity contribution is -0.125. The van der Waals surface area contributed by atoms with E-state index in [4.69, 9.17) is 22.1 Å². The maximum Gasteiger partial charge on any atom is 0.245 e. The van der Waals surface area contributed by atoms with E-state index in [2.05, 4.69) is 15.0 Å². The molecule has 2 N–H and O–H groups in total. The molecule has 2 aromatic rings. The third-order valence-electron chi connectivity index (χ3n) is 2.96. The van der Waals surface area contributed by atoms with Crippen molar-refractivity contribution in [2.24, 2.45) is 5.73 Å². The molecule has 0 aliphatic carbocycles. The van der Waals surface area contributed by atoms with Gasteiger partial charge in [-0.15, -0.1) is 11.6 Å². The van der Waals surface area contributed by atoms with Gasteiger partial charge in [0, 0.05) is 0 Å². The average Bonchev–Trinajstić information content (AvgIpc) is 2.77. The Morgan fingerprint density at radius 1 is 1.53 bits per heavy atom. The van der Waals surface area contributed by atoms with Gasteiger partial charge >= 0.3 is 0 Å². The molecular formula is C11H14ClN5O2. The van der Waals surface area contributed by atoms with Gasteiger partial charge in [-0.3, -0.25) is 9.36 Å². The van der Waals surface area contributed by atoms with E-state index in [0.717, 1.165) is 0 Å². The van der Waals surface area contributed by atoms with Crippen LogP contribution in [0.5, 0.6) is 5.88 Å². The molecule has 2 heterocycles. The van der Waals surface area contributed by atoms with Crippen LogP contribution < -0.4 is 10.5 Å². The SMILES string of the molecule is COc1ncnc2c1nc(CCl)n2C(C)(C)C(N)=O. The topological polar surface area (TPSA) is 95.9 Å². The summed E-state index contributed by atoms with van der Waals surface area (Å²) in [5.74, 6) is 0.432. The summed E-state index contributed by atoms with van der Waals surface area (Å²) in [5.41, 5.74) is 5.36. The Hall–Kier alpha value is -1.89. The highest BCUT2D eigenvalue weighted by molar-refractivity contribution is 6.17. The minimum absolute atomic E-state index is 0.121. The summed E-state index contributed by atoms with van der Waals surface area (Å²) < 4.78 is 6.74. The molecule has 19 heavy (non-hydrogen) atoms. The summed E-state index contributed by atoms with van der Waals surface area (Å²) >= 11 is 5.89. The molecule has 0 saturated heterocycles. The van der Waals surface area contributed by atoms with Crippen molar-refractivity contribution in [1.82, 2.24) is 19.5 Å². The van der Waals surface area contributed by atoms with Crippen LogP contribution in [0.25, 0.3) is 11.2 Å². The van der Waals surface area contributed by atoms with Gasteiger partial charge in [0.25, 0.3) is 0 Å². The van der Waals surface area contributed by atoms with Gasteiger partial charge in [-0.1, -0.05) is 0 Å². The summed E-state index contributed by atoms with van der Waals surface area (Å²) in [5, 5.41) is 0. The zero-order valence-electron chi connectivity index (χ0n) is 10.8. The fourth-order valence-corrected chi connectivity index (χ4v) is 2.03. The van der Waals surface area contributed by atoms with E-state index in [1.165, 1.54) is 13.4 Å². The summed E-state index contributed by atoms with van der Waals surface area (Å²) in [7, 11) is 1.49. The fraction of sp³-hybridized carbons (Fsp3) is 0.455. The summed E-state index contributed by atoms with van der Waals surface area (Å²) in [4.78, 5) is 24.1. The van der Waals surface area contributed by atoms with Gasteiger partial charge in [0.05, 0.1) is 13.0 Å². The van der Waals surface area contributed by atoms with Crippen LogP contribution >= 0.6 is 11.6 Å². The third kappa shape index (κ3) is 1.99. The number of carbonyl (C=O) groups is 1. The first kappa shape index (κ1) is 13.5. The van der Waals surface area contributed by atoms with Gasteiger partial charge in [0.1, 0.15) is 17.7 Å². The van der Waals surface area contributed by atoms with Crippen LogP contribution in [-0.2, 0) is 16.2 Å². The number of nitrogens with two attached hydrogens (primary N) is 1. The van der Waals surface area contributed by atoms with E-state index in [9.17, 15) is 4.79 Å². The number of halogens is 1. The number of hydrogen-bond donors (Lipinski definition) is 1. The second kappa shape index (κ2) is 4.65. The first-order valence-electron chi connectivity index (χ1n) is 5.56. The lowest BCUT2D eigenvalue weighted by Crippen LogP contribution is -2.42. The van der Waals surface area contributed by atoms with Crippen molar-refractivity contribution in [3.8, 4) is 5.88 Å². The van der Waals surface area contributed by atoms with Crippen LogP contribution in [0.2, 0.25) is 0 Å². The van der Waals surface area contributed by atoms with Crippen molar-refractivity contribution in [1.29, 1.82) is 0 Å². The highest BCUT2D eigenvalue weighted by atomic mass is 35.5. The maximum atomic E-state index is 11.6. The van der Waals surface area contributed by atoms with Crippen molar-refractivity contribution in [3.05, 3.63) is 12.2 Å². The predicted octanol–water partition coefficient (Wildman–Crippen LogP) is 0.794. The zero-order valence-corrected chi connectivity index (χ0v) is 11.6. The van der Waals surface area contributed by atoms with E-state index in [0.29, 0.717) is 22.9 Å². The molecule has 2 aromatic heterocycles. The number of ether oxygens (including phenoxy) is 1. The molecular weight excluding hydrogens is 270 g/mol. The maximum absolute atomic E-state index is 11.6. The Morgan fingerprint density at radius 3 is 2.74 bits per heavy atom. The molecule has 0 aliphatic heterocycles. The smallest absolute Gasteiger partial charge is 0.245 e. The molecule has 0 aliphatic rings. The Morgan fingerprint density at radius 2 is 2.21 bits per heavy atom. The lowest BCUT2D eigenvalue weighted by atomic mass is 10.0. The van der Waals surface area contributed by atoms with Crippen molar-refractivity contribution in [3.63, 3.8) is 0 Å². The molecule has 0 radical (unpaired) electrons. The number of carbonyl (C=O) groups excluding carboxylic acids is 1. The van der Waals surface area contributed by atoms with E-state index in [1.807, 2.05) is 0 Å². The van der Waals surface area contributed by atoms with Crippen LogP contribution in [-0.4, -0.2) is 32.5 Å². The Bertz CT molecular complexity index is 637. The number of primary amides is 1. The quantitative estimate of drug-likeness (QED) is 0.837. The Balaban J connectivity index is 2.83. The largest absolute Gasteiger partial charge is 0.479 e. The van der Waals surface area contributed by atoms with Crippen LogP contribution in [0.15, 0.2) is 6.33 Å². The van der Waals surface area contributed by atoms with Crippen LogP contribution in [0.3, 0.4) is 0 Å². The number of amides is 1. The van der Waals surface area contributed by atoms with Gasteiger partial charge in [0.15, 0.2) is 11.2 Å². The molecule has 0 bridgehead atoms. The molecule has 8 heteroatoms. The van der Waals surface area contributed by atoms with Gasteiger partial charge < -0.3 is 10.5 Å². The van der Waals surface area contributed by atoms with Gasteiger partial charge in [-0.25, -0.2) is 9.97 Å². The second-order valence-electron chi connectivity index (χ2n) is 4.48. The molecule has 0 fully saturated rings. The molecule has 0 unspecified atom stereocenters. The summed E-state index contributed by atoms with van der Waals surface area (Å²) in [6.45, 7) is 3.36. The monoisotopic (exact) mass is 283 g/mol. The number of aromatic nitrogens is 4. The standard InChI is InChI=1S/C11H14ClN5O2/c1-11(2,10(13)18)17-6(4-12)16-7-8(17)14-5-15-9(7)19-3/h5H,4H2,1-3H3,(H2,13,18). The highest BCUT2D eigenvalue weighted by Crippen LogP contribution is 2.28. The van der Waals surface area contributed by atoms with Gasteiger partial charge in [-0.05, 0) is 13.8 Å². The van der Waals surface area contributed by atoms with E-state index < -0.39 is 11.4 Å². The number of alkyl halides is 1. The molecule has 0 spiro atoms. The van der Waals surface area contributed by atoms with Crippen molar-refractivity contribution in [2.45, 2.75) is 25.3 Å². The van der Waals surface area contributed by atoms with Crippen LogP contribution in [0, 0.1) is 0 Å². The molecule has 0 aromatic carbocycles. The second-order valence-corrected chi connectivity index (χ2v) is 4.74. The minimum atomic E-state index is -1.00. The van der Waals surface area contributed by atoms with Crippen molar-refractivity contribution in [2.75, 3.05) is 7.11 Å². The average molecular weight is 284 g/mol. The zero-order chi connectivity index (χ0) is 14.2. The highest BCUT2D eigenvalue weighted by Gasteiger charge is 2.32. The Labute approximate surface area is 114 Å².